The first-order valence-electron chi connectivity index (χ1n) is 5.88. The Hall–Kier alpha value is -2.56. The lowest BCUT2D eigenvalue weighted by Gasteiger charge is -2.10. The Morgan fingerprint density at radius 3 is 3.00 bits per heavy atom. The van der Waals surface area contributed by atoms with E-state index in [4.69, 9.17) is 14.2 Å². The van der Waals surface area contributed by atoms with Gasteiger partial charge < -0.3 is 14.2 Å². The largest absolute Gasteiger partial charge is 0.454 e. The van der Waals surface area contributed by atoms with Crippen molar-refractivity contribution in [2.24, 2.45) is 0 Å². The summed E-state index contributed by atoms with van der Waals surface area (Å²) in [6.45, 7) is 0.220. The van der Waals surface area contributed by atoms with Crippen molar-refractivity contribution in [2.75, 3.05) is 6.79 Å². The highest BCUT2D eigenvalue weighted by atomic mass is 16.7. The van der Waals surface area contributed by atoms with Crippen LogP contribution in [0.5, 0.6) is 11.5 Å². The number of ether oxygens (including phenoxy) is 3. The van der Waals surface area contributed by atoms with E-state index in [1.54, 1.807) is 18.3 Å². The third kappa shape index (κ3) is 1.48. The highest BCUT2D eigenvalue weighted by Gasteiger charge is 2.34. The van der Waals surface area contributed by atoms with Gasteiger partial charge in [-0.15, -0.1) is 0 Å². The SMILES string of the molecule is O=C1O[C@@H](c2ccc3c(c2)OCO3)c2ncccc21. The quantitative estimate of drug-likeness (QED) is 0.730. The van der Waals surface area contributed by atoms with E-state index in [2.05, 4.69) is 4.98 Å². The van der Waals surface area contributed by atoms with Crippen LogP contribution in [-0.4, -0.2) is 17.7 Å². The molecular formula is C14H9NO4. The number of carbonyl (C=O) groups is 1. The van der Waals surface area contributed by atoms with Crippen molar-refractivity contribution in [2.45, 2.75) is 6.10 Å². The molecule has 0 aliphatic carbocycles. The van der Waals surface area contributed by atoms with Gasteiger partial charge in [0.1, 0.15) is 5.69 Å². The summed E-state index contributed by atoms with van der Waals surface area (Å²) < 4.78 is 16.0. The van der Waals surface area contributed by atoms with E-state index in [1.807, 2.05) is 18.2 Å². The van der Waals surface area contributed by atoms with Gasteiger partial charge in [0, 0.05) is 11.8 Å². The van der Waals surface area contributed by atoms with Crippen LogP contribution in [0.1, 0.15) is 27.7 Å². The minimum absolute atomic E-state index is 0.220. The normalized spacial score (nSPS) is 19.2. The molecule has 1 aromatic carbocycles. The number of rotatable bonds is 1. The number of benzene rings is 1. The zero-order valence-corrected chi connectivity index (χ0v) is 9.83. The molecule has 1 aromatic heterocycles. The first-order valence-corrected chi connectivity index (χ1v) is 5.88. The maximum atomic E-state index is 11.8. The maximum Gasteiger partial charge on any atom is 0.341 e. The van der Waals surface area contributed by atoms with E-state index in [0.717, 1.165) is 5.56 Å². The maximum absolute atomic E-state index is 11.8. The fraction of sp³-hybridized carbons (Fsp3) is 0.143. The van der Waals surface area contributed by atoms with E-state index in [-0.39, 0.29) is 12.8 Å². The number of aromatic nitrogens is 1. The van der Waals surface area contributed by atoms with Crippen LogP contribution in [-0.2, 0) is 4.74 Å². The Labute approximate surface area is 108 Å². The Bertz CT molecular complexity index is 683. The molecule has 3 heterocycles. The zero-order chi connectivity index (χ0) is 12.8. The van der Waals surface area contributed by atoms with Crippen molar-refractivity contribution in [3.8, 4) is 11.5 Å². The monoisotopic (exact) mass is 255 g/mol. The van der Waals surface area contributed by atoms with Gasteiger partial charge in [-0.3, -0.25) is 4.98 Å². The molecule has 0 saturated carbocycles. The summed E-state index contributed by atoms with van der Waals surface area (Å²) in [4.78, 5) is 16.0. The van der Waals surface area contributed by atoms with Crippen LogP contribution in [0, 0.1) is 0 Å². The van der Waals surface area contributed by atoms with Gasteiger partial charge in [0.25, 0.3) is 0 Å². The molecule has 5 heteroatoms. The van der Waals surface area contributed by atoms with Gasteiger partial charge >= 0.3 is 5.97 Å². The lowest BCUT2D eigenvalue weighted by atomic mass is 10.0. The third-order valence-corrected chi connectivity index (χ3v) is 3.23. The predicted octanol–water partition coefficient (Wildman–Crippen LogP) is 2.07. The first kappa shape index (κ1) is 10.4. The molecule has 19 heavy (non-hydrogen) atoms. The number of esters is 1. The molecular weight excluding hydrogens is 246 g/mol. The van der Waals surface area contributed by atoms with Crippen molar-refractivity contribution in [3.63, 3.8) is 0 Å². The number of cyclic esters (lactones) is 1. The molecule has 2 aliphatic rings. The van der Waals surface area contributed by atoms with Crippen LogP contribution in [0.4, 0.5) is 0 Å². The van der Waals surface area contributed by atoms with Gasteiger partial charge in [-0.25, -0.2) is 4.79 Å². The van der Waals surface area contributed by atoms with Crippen molar-refractivity contribution in [1.82, 2.24) is 4.98 Å². The van der Waals surface area contributed by atoms with Crippen LogP contribution >= 0.6 is 0 Å². The highest BCUT2D eigenvalue weighted by Crippen LogP contribution is 2.39. The number of fused-ring (bicyclic) bond motifs is 2. The first-order chi connectivity index (χ1) is 9.33. The Morgan fingerprint density at radius 1 is 1.16 bits per heavy atom. The number of pyridine rings is 1. The second kappa shape index (κ2) is 3.71. The zero-order valence-electron chi connectivity index (χ0n) is 9.83. The van der Waals surface area contributed by atoms with E-state index >= 15 is 0 Å². The molecule has 0 unspecified atom stereocenters. The summed E-state index contributed by atoms with van der Waals surface area (Å²) >= 11 is 0. The van der Waals surface area contributed by atoms with Gasteiger partial charge in [-0.05, 0) is 24.3 Å². The van der Waals surface area contributed by atoms with Crippen molar-refractivity contribution in [3.05, 3.63) is 53.3 Å². The second-order valence-corrected chi connectivity index (χ2v) is 4.33. The predicted molar refractivity (Wildman–Crippen MR) is 64.1 cm³/mol. The third-order valence-electron chi connectivity index (χ3n) is 3.23. The molecule has 5 nitrogen and oxygen atoms in total. The topological polar surface area (TPSA) is 57.7 Å². The molecule has 0 amide bonds. The van der Waals surface area contributed by atoms with Crippen LogP contribution in [0.25, 0.3) is 0 Å². The molecule has 2 aliphatic heterocycles. The summed E-state index contributed by atoms with van der Waals surface area (Å²) in [6.07, 6.45) is 1.18. The van der Waals surface area contributed by atoms with Gasteiger partial charge in [-0.2, -0.15) is 0 Å². The number of hydrogen-bond acceptors (Lipinski definition) is 5. The number of nitrogens with zero attached hydrogens (tertiary/aromatic N) is 1. The minimum Gasteiger partial charge on any atom is -0.454 e. The summed E-state index contributed by atoms with van der Waals surface area (Å²) in [5, 5.41) is 0. The van der Waals surface area contributed by atoms with Crippen LogP contribution in [0.2, 0.25) is 0 Å². The molecule has 4 rings (SSSR count). The standard InChI is InChI=1S/C14H9NO4/c16-14-9-2-1-5-15-12(9)13(19-14)8-3-4-10-11(6-8)18-7-17-10/h1-6,13H,7H2/t13-/m0/s1. The molecule has 0 saturated heterocycles. The van der Waals surface area contributed by atoms with E-state index < -0.39 is 6.10 Å². The molecule has 2 aromatic rings. The number of carbonyl (C=O) groups excluding carboxylic acids is 1. The van der Waals surface area contributed by atoms with Gasteiger partial charge in [0.2, 0.25) is 6.79 Å². The fourth-order valence-electron chi connectivity index (χ4n) is 2.33. The van der Waals surface area contributed by atoms with Crippen LogP contribution in [0.3, 0.4) is 0 Å². The summed E-state index contributed by atoms with van der Waals surface area (Å²) in [6, 6.07) is 8.94. The molecule has 0 fully saturated rings. The van der Waals surface area contributed by atoms with Crippen molar-refractivity contribution >= 4 is 5.97 Å². The Morgan fingerprint density at radius 2 is 2.05 bits per heavy atom. The van der Waals surface area contributed by atoms with Gasteiger partial charge in [0.05, 0.1) is 5.56 Å². The molecule has 1 atom stereocenters. The molecule has 0 N–H and O–H groups in total. The van der Waals surface area contributed by atoms with Crippen LogP contribution < -0.4 is 9.47 Å². The van der Waals surface area contributed by atoms with E-state index in [0.29, 0.717) is 22.8 Å². The minimum atomic E-state index is -0.474. The van der Waals surface area contributed by atoms with Gasteiger partial charge in [-0.1, -0.05) is 6.07 Å². The Balaban J connectivity index is 1.80. The fourth-order valence-corrected chi connectivity index (χ4v) is 2.33. The average Bonchev–Trinajstić information content (AvgIpc) is 3.03. The summed E-state index contributed by atoms with van der Waals surface area (Å²) in [5.41, 5.74) is 1.99. The average molecular weight is 255 g/mol. The number of hydrogen-bond donors (Lipinski definition) is 0. The van der Waals surface area contributed by atoms with Crippen molar-refractivity contribution < 1.29 is 19.0 Å². The van der Waals surface area contributed by atoms with Crippen molar-refractivity contribution in [1.29, 1.82) is 0 Å². The highest BCUT2D eigenvalue weighted by molar-refractivity contribution is 5.93. The lowest BCUT2D eigenvalue weighted by molar-refractivity contribution is 0.0452. The van der Waals surface area contributed by atoms with E-state index in [1.165, 1.54) is 0 Å². The summed E-state index contributed by atoms with van der Waals surface area (Å²) in [5.74, 6) is 1.03. The van der Waals surface area contributed by atoms with Gasteiger partial charge in [0.15, 0.2) is 17.6 Å². The molecule has 94 valence electrons. The smallest absolute Gasteiger partial charge is 0.341 e. The molecule has 0 bridgehead atoms. The Kier molecular flexibility index (Phi) is 2.03. The second-order valence-electron chi connectivity index (χ2n) is 4.33. The molecule has 0 radical (unpaired) electrons. The van der Waals surface area contributed by atoms with E-state index in [9.17, 15) is 4.79 Å². The molecule has 0 spiro atoms. The lowest BCUT2D eigenvalue weighted by Crippen LogP contribution is -2.01. The van der Waals surface area contributed by atoms with Crippen LogP contribution in [0.15, 0.2) is 36.5 Å². The summed E-state index contributed by atoms with van der Waals surface area (Å²) in [7, 11) is 0.